The molecule has 0 spiro atoms. The number of amides is 1. The number of carbonyl (C=O) groups is 1. The van der Waals surface area contributed by atoms with E-state index in [-0.39, 0.29) is 11.3 Å². The number of carbonyl (C=O) groups excluding carboxylic acids is 1. The third-order valence-electron chi connectivity index (χ3n) is 4.72. The van der Waals surface area contributed by atoms with Crippen molar-refractivity contribution in [1.82, 2.24) is 10.6 Å². The Bertz CT molecular complexity index is 280. The molecule has 2 rings (SSSR count). The molecular formula is C15H28N2O. The van der Waals surface area contributed by atoms with Crippen LogP contribution in [0, 0.1) is 11.3 Å². The van der Waals surface area contributed by atoms with E-state index in [4.69, 9.17) is 0 Å². The first-order valence-corrected chi connectivity index (χ1v) is 7.61. The number of rotatable bonds is 2. The van der Waals surface area contributed by atoms with Gasteiger partial charge in [-0.2, -0.15) is 0 Å². The maximum atomic E-state index is 12.5. The van der Waals surface area contributed by atoms with Crippen molar-refractivity contribution >= 4 is 5.91 Å². The van der Waals surface area contributed by atoms with Crippen LogP contribution >= 0.6 is 0 Å². The lowest BCUT2D eigenvalue weighted by molar-refractivity contribution is -0.131. The Hall–Kier alpha value is -0.570. The first kappa shape index (κ1) is 13.9. The summed E-state index contributed by atoms with van der Waals surface area (Å²) in [6.07, 6.45) is 8.35. The van der Waals surface area contributed by atoms with Crippen molar-refractivity contribution < 1.29 is 4.79 Å². The second-order valence-corrected chi connectivity index (χ2v) is 6.69. The monoisotopic (exact) mass is 252 g/mol. The average molecular weight is 252 g/mol. The van der Waals surface area contributed by atoms with Crippen LogP contribution in [0.2, 0.25) is 0 Å². The third-order valence-corrected chi connectivity index (χ3v) is 4.72. The zero-order chi connectivity index (χ0) is 13.0. The van der Waals surface area contributed by atoms with Gasteiger partial charge in [0.2, 0.25) is 5.91 Å². The lowest BCUT2D eigenvalue weighted by Gasteiger charge is -2.38. The average Bonchev–Trinajstić information content (AvgIpc) is 2.57. The van der Waals surface area contributed by atoms with Crippen molar-refractivity contribution in [3.05, 3.63) is 0 Å². The van der Waals surface area contributed by atoms with E-state index in [2.05, 4.69) is 24.5 Å². The van der Waals surface area contributed by atoms with Crippen LogP contribution in [-0.4, -0.2) is 25.0 Å². The molecule has 0 aromatic carbocycles. The molecule has 3 heteroatoms. The van der Waals surface area contributed by atoms with E-state index in [9.17, 15) is 4.79 Å². The van der Waals surface area contributed by atoms with E-state index in [0.717, 1.165) is 25.9 Å². The summed E-state index contributed by atoms with van der Waals surface area (Å²) >= 11 is 0. The Morgan fingerprint density at radius 2 is 1.94 bits per heavy atom. The van der Waals surface area contributed by atoms with Crippen LogP contribution in [0.4, 0.5) is 0 Å². The first-order valence-electron chi connectivity index (χ1n) is 7.61. The Balaban J connectivity index is 1.89. The van der Waals surface area contributed by atoms with Crippen LogP contribution in [-0.2, 0) is 4.79 Å². The molecule has 1 saturated heterocycles. The van der Waals surface area contributed by atoms with Crippen molar-refractivity contribution in [3.8, 4) is 0 Å². The number of hydrogen-bond donors (Lipinski definition) is 2. The maximum absolute atomic E-state index is 12.5. The van der Waals surface area contributed by atoms with E-state index in [1.165, 1.54) is 32.1 Å². The summed E-state index contributed by atoms with van der Waals surface area (Å²) in [7, 11) is 0. The van der Waals surface area contributed by atoms with Crippen LogP contribution < -0.4 is 10.6 Å². The van der Waals surface area contributed by atoms with E-state index >= 15 is 0 Å². The number of nitrogens with one attached hydrogen (secondary N) is 2. The Morgan fingerprint density at radius 3 is 2.72 bits per heavy atom. The Kier molecular flexibility index (Phi) is 4.66. The Morgan fingerprint density at radius 1 is 1.17 bits per heavy atom. The normalized spacial score (nSPS) is 32.6. The summed E-state index contributed by atoms with van der Waals surface area (Å²) in [5.41, 5.74) is 0.181. The minimum absolute atomic E-state index is 0.181. The molecule has 2 fully saturated rings. The molecule has 1 aliphatic carbocycles. The van der Waals surface area contributed by atoms with Crippen LogP contribution in [0.15, 0.2) is 0 Å². The molecule has 0 aromatic rings. The molecule has 0 bridgehead atoms. The quantitative estimate of drug-likeness (QED) is 0.792. The highest BCUT2D eigenvalue weighted by Gasteiger charge is 2.37. The summed E-state index contributed by atoms with van der Waals surface area (Å²) in [6.45, 7) is 6.55. The summed E-state index contributed by atoms with van der Waals surface area (Å²) in [4.78, 5) is 12.5. The molecule has 18 heavy (non-hydrogen) atoms. The van der Waals surface area contributed by atoms with E-state index < -0.39 is 0 Å². The predicted octanol–water partition coefficient (Wildman–Crippen LogP) is 2.46. The topological polar surface area (TPSA) is 41.1 Å². The third kappa shape index (κ3) is 3.47. The standard InChI is InChI=1S/C15H28N2O/c1-15(2)9-5-3-8-13(15)14(18)17-12-7-4-6-10-16-11-12/h12-13,16H,3-11H2,1-2H3,(H,17,18). The van der Waals surface area contributed by atoms with Crippen LogP contribution in [0.5, 0.6) is 0 Å². The van der Waals surface area contributed by atoms with Crippen molar-refractivity contribution in [2.75, 3.05) is 13.1 Å². The zero-order valence-electron chi connectivity index (χ0n) is 11.9. The molecule has 3 nitrogen and oxygen atoms in total. The van der Waals surface area contributed by atoms with Crippen molar-refractivity contribution in [1.29, 1.82) is 0 Å². The van der Waals surface area contributed by atoms with Gasteiger partial charge in [-0.25, -0.2) is 0 Å². The highest BCUT2D eigenvalue weighted by atomic mass is 16.2. The summed E-state index contributed by atoms with van der Waals surface area (Å²) < 4.78 is 0. The van der Waals surface area contributed by atoms with Crippen LogP contribution in [0.25, 0.3) is 0 Å². The predicted molar refractivity (Wildman–Crippen MR) is 74.4 cm³/mol. The lowest BCUT2D eigenvalue weighted by Crippen LogP contribution is -2.47. The maximum Gasteiger partial charge on any atom is 0.223 e. The molecular weight excluding hydrogens is 224 g/mol. The lowest BCUT2D eigenvalue weighted by atomic mass is 9.68. The first-order chi connectivity index (χ1) is 8.59. The largest absolute Gasteiger partial charge is 0.352 e. The van der Waals surface area contributed by atoms with Gasteiger partial charge in [-0.05, 0) is 37.6 Å². The molecule has 1 aliphatic heterocycles. The second-order valence-electron chi connectivity index (χ2n) is 6.69. The minimum Gasteiger partial charge on any atom is -0.352 e. The second kappa shape index (κ2) is 6.05. The van der Waals surface area contributed by atoms with E-state index in [0.29, 0.717) is 11.9 Å². The van der Waals surface area contributed by atoms with Crippen molar-refractivity contribution in [2.24, 2.45) is 11.3 Å². The smallest absolute Gasteiger partial charge is 0.223 e. The molecule has 2 atom stereocenters. The van der Waals surface area contributed by atoms with Crippen molar-refractivity contribution in [2.45, 2.75) is 64.8 Å². The fourth-order valence-corrected chi connectivity index (χ4v) is 3.42. The summed E-state index contributed by atoms with van der Waals surface area (Å²) in [5, 5.41) is 6.69. The molecule has 1 heterocycles. The Labute approximate surface area is 111 Å². The number of hydrogen-bond acceptors (Lipinski definition) is 2. The van der Waals surface area contributed by atoms with Gasteiger partial charge in [0, 0.05) is 18.5 Å². The van der Waals surface area contributed by atoms with Gasteiger partial charge in [0.05, 0.1) is 0 Å². The van der Waals surface area contributed by atoms with Crippen LogP contribution in [0.3, 0.4) is 0 Å². The highest BCUT2D eigenvalue weighted by Crippen LogP contribution is 2.40. The molecule has 0 aromatic heterocycles. The molecule has 2 aliphatic rings. The molecule has 2 unspecified atom stereocenters. The van der Waals surface area contributed by atoms with Crippen LogP contribution in [0.1, 0.15) is 58.8 Å². The minimum atomic E-state index is 0.181. The SMILES string of the molecule is CC1(C)CCCCC1C(=O)NC1CCCCNC1. The fraction of sp³-hybridized carbons (Fsp3) is 0.933. The van der Waals surface area contributed by atoms with Gasteiger partial charge in [0.25, 0.3) is 0 Å². The highest BCUT2D eigenvalue weighted by molar-refractivity contribution is 5.79. The van der Waals surface area contributed by atoms with Gasteiger partial charge in [-0.3, -0.25) is 4.79 Å². The molecule has 104 valence electrons. The van der Waals surface area contributed by atoms with E-state index in [1.807, 2.05) is 0 Å². The van der Waals surface area contributed by atoms with Gasteiger partial charge in [-0.15, -0.1) is 0 Å². The fourth-order valence-electron chi connectivity index (χ4n) is 3.42. The van der Waals surface area contributed by atoms with Crippen molar-refractivity contribution in [3.63, 3.8) is 0 Å². The molecule has 1 amide bonds. The van der Waals surface area contributed by atoms with Gasteiger partial charge in [-0.1, -0.05) is 33.1 Å². The van der Waals surface area contributed by atoms with Gasteiger partial charge < -0.3 is 10.6 Å². The molecule has 1 saturated carbocycles. The van der Waals surface area contributed by atoms with Gasteiger partial charge in [0.15, 0.2) is 0 Å². The van der Waals surface area contributed by atoms with Gasteiger partial charge >= 0.3 is 0 Å². The zero-order valence-corrected chi connectivity index (χ0v) is 11.9. The molecule has 2 N–H and O–H groups in total. The molecule has 0 radical (unpaired) electrons. The van der Waals surface area contributed by atoms with E-state index in [1.54, 1.807) is 0 Å². The summed E-state index contributed by atoms with van der Waals surface area (Å²) in [6, 6.07) is 0.345. The summed E-state index contributed by atoms with van der Waals surface area (Å²) in [5.74, 6) is 0.517. The van der Waals surface area contributed by atoms with Gasteiger partial charge in [0.1, 0.15) is 0 Å².